The maximum atomic E-state index is 9.82. The molecule has 1 aromatic rings. The molecule has 1 aromatic carbocycles. The van der Waals surface area contributed by atoms with Crippen LogP contribution in [-0.4, -0.2) is 11.7 Å². The number of hydrogen-bond donors (Lipinski definition) is 3. The Morgan fingerprint density at radius 2 is 2.07 bits per heavy atom. The van der Waals surface area contributed by atoms with Gasteiger partial charge in [0.1, 0.15) is 5.75 Å². The molecule has 0 heterocycles. The Morgan fingerprint density at radius 1 is 1.33 bits per heavy atom. The minimum absolute atomic E-state index is 0.0866. The van der Waals surface area contributed by atoms with Crippen molar-refractivity contribution in [1.29, 1.82) is 0 Å². The largest absolute Gasteiger partial charge is 0.507 e. The number of para-hydroxylation sites is 1. The van der Waals surface area contributed by atoms with Crippen LogP contribution in [0.25, 0.3) is 0 Å². The summed E-state index contributed by atoms with van der Waals surface area (Å²) < 4.78 is 0. The summed E-state index contributed by atoms with van der Waals surface area (Å²) in [5.41, 5.74) is 13.1. The number of phenols is 1. The first kappa shape index (κ1) is 12.0. The predicted octanol–water partition coefficient (Wildman–Crippen LogP) is 1.83. The van der Waals surface area contributed by atoms with Gasteiger partial charge in [0, 0.05) is 11.6 Å². The van der Waals surface area contributed by atoms with Gasteiger partial charge in [-0.3, -0.25) is 0 Å². The molecule has 0 amide bonds. The van der Waals surface area contributed by atoms with Crippen molar-refractivity contribution < 1.29 is 5.11 Å². The molecule has 0 aliphatic rings. The van der Waals surface area contributed by atoms with Gasteiger partial charge >= 0.3 is 0 Å². The van der Waals surface area contributed by atoms with E-state index in [0.29, 0.717) is 12.3 Å². The minimum atomic E-state index is -0.0866. The molecule has 0 unspecified atom stereocenters. The van der Waals surface area contributed by atoms with Crippen LogP contribution < -0.4 is 11.5 Å². The third-order valence-electron chi connectivity index (χ3n) is 2.64. The van der Waals surface area contributed by atoms with Crippen molar-refractivity contribution in [3.05, 3.63) is 29.3 Å². The number of unbranched alkanes of at least 4 members (excludes halogenated alkanes) is 1. The summed E-state index contributed by atoms with van der Waals surface area (Å²) in [6.45, 7) is 2.58. The zero-order valence-corrected chi connectivity index (χ0v) is 9.24. The van der Waals surface area contributed by atoms with E-state index in [-0.39, 0.29) is 6.04 Å². The summed E-state index contributed by atoms with van der Waals surface area (Å²) in [4.78, 5) is 0. The Kier molecular flexibility index (Phi) is 4.59. The van der Waals surface area contributed by atoms with Crippen LogP contribution in [0.5, 0.6) is 5.75 Å². The molecule has 1 rings (SSSR count). The highest BCUT2D eigenvalue weighted by molar-refractivity contribution is 5.41. The van der Waals surface area contributed by atoms with Crippen molar-refractivity contribution in [2.24, 2.45) is 11.5 Å². The molecule has 0 aliphatic heterocycles. The van der Waals surface area contributed by atoms with Gasteiger partial charge in [0.2, 0.25) is 0 Å². The molecule has 5 N–H and O–H groups in total. The maximum absolute atomic E-state index is 9.82. The van der Waals surface area contributed by atoms with Crippen LogP contribution >= 0.6 is 0 Å². The van der Waals surface area contributed by atoms with Crippen LogP contribution in [0, 0.1) is 6.92 Å². The molecule has 3 heteroatoms. The molecule has 15 heavy (non-hydrogen) atoms. The number of aryl methyl sites for hydroxylation is 1. The van der Waals surface area contributed by atoms with Gasteiger partial charge in [-0.25, -0.2) is 0 Å². The average Bonchev–Trinajstić information content (AvgIpc) is 2.22. The fraction of sp³-hybridized carbons (Fsp3) is 0.500. The van der Waals surface area contributed by atoms with Crippen molar-refractivity contribution in [3.63, 3.8) is 0 Å². The molecular weight excluding hydrogens is 188 g/mol. The van der Waals surface area contributed by atoms with E-state index in [0.717, 1.165) is 30.4 Å². The fourth-order valence-corrected chi connectivity index (χ4v) is 1.64. The summed E-state index contributed by atoms with van der Waals surface area (Å²) >= 11 is 0. The fourth-order valence-electron chi connectivity index (χ4n) is 1.64. The minimum Gasteiger partial charge on any atom is -0.507 e. The first-order valence-electron chi connectivity index (χ1n) is 5.41. The third kappa shape index (κ3) is 3.22. The lowest BCUT2D eigenvalue weighted by Gasteiger charge is -2.14. The zero-order chi connectivity index (χ0) is 11.3. The van der Waals surface area contributed by atoms with Gasteiger partial charge in [-0.15, -0.1) is 0 Å². The first-order valence-corrected chi connectivity index (χ1v) is 5.41. The Bertz CT molecular complexity index is 312. The van der Waals surface area contributed by atoms with Crippen molar-refractivity contribution in [1.82, 2.24) is 0 Å². The normalized spacial score (nSPS) is 12.7. The highest BCUT2D eigenvalue weighted by atomic mass is 16.3. The van der Waals surface area contributed by atoms with E-state index in [1.54, 1.807) is 0 Å². The van der Waals surface area contributed by atoms with E-state index in [4.69, 9.17) is 11.5 Å². The number of nitrogens with two attached hydrogens (primary N) is 2. The van der Waals surface area contributed by atoms with Gasteiger partial charge in [-0.2, -0.15) is 0 Å². The Hall–Kier alpha value is -1.06. The van der Waals surface area contributed by atoms with Crippen LogP contribution in [0.2, 0.25) is 0 Å². The van der Waals surface area contributed by atoms with Gasteiger partial charge in [0.25, 0.3) is 0 Å². The lowest BCUT2D eigenvalue weighted by molar-refractivity contribution is 0.452. The molecule has 0 fully saturated rings. The topological polar surface area (TPSA) is 72.3 Å². The van der Waals surface area contributed by atoms with Crippen molar-refractivity contribution in [3.8, 4) is 5.75 Å². The van der Waals surface area contributed by atoms with Gasteiger partial charge < -0.3 is 16.6 Å². The second-order valence-electron chi connectivity index (χ2n) is 3.90. The van der Waals surface area contributed by atoms with Crippen LogP contribution in [0.1, 0.15) is 36.4 Å². The van der Waals surface area contributed by atoms with Crippen molar-refractivity contribution in [2.45, 2.75) is 32.2 Å². The quantitative estimate of drug-likeness (QED) is 0.646. The summed E-state index contributed by atoms with van der Waals surface area (Å²) in [6, 6.07) is 5.60. The van der Waals surface area contributed by atoms with Crippen LogP contribution in [0.15, 0.2) is 18.2 Å². The van der Waals surface area contributed by atoms with E-state index in [9.17, 15) is 5.11 Å². The first-order chi connectivity index (χ1) is 7.16. The average molecular weight is 208 g/mol. The number of hydrogen-bond acceptors (Lipinski definition) is 3. The number of rotatable bonds is 5. The van der Waals surface area contributed by atoms with Crippen LogP contribution in [-0.2, 0) is 0 Å². The molecule has 0 aromatic heterocycles. The molecular formula is C12H20N2O. The molecule has 0 bridgehead atoms. The summed E-state index contributed by atoms with van der Waals surface area (Å²) in [6.07, 6.45) is 2.86. The summed E-state index contributed by atoms with van der Waals surface area (Å²) in [7, 11) is 0. The molecule has 0 radical (unpaired) electrons. The molecule has 1 atom stereocenters. The monoisotopic (exact) mass is 208 g/mol. The Morgan fingerprint density at radius 3 is 2.73 bits per heavy atom. The van der Waals surface area contributed by atoms with Crippen molar-refractivity contribution >= 4 is 0 Å². The van der Waals surface area contributed by atoms with Gasteiger partial charge in [0.05, 0.1) is 0 Å². The third-order valence-corrected chi connectivity index (χ3v) is 2.64. The molecule has 0 saturated heterocycles. The molecule has 0 saturated carbocycles. The van der Waals surface area contributed by atoms with Gasteiger partial charge in [-0.1, -0.05) is 24.6 Å². The predicted molar refractivity (Wildman–Crippen MR) is 62.7 cm³/mol. The zero-order valence-electron chi connectivity index (χ0n) is 9.24. The highest BCUT2D eigenvalue weighted by Crippen LogP contribution is 2.28. The van der Waals surface area contributed by atoms with Crippen molar-refractivity contribution in [2.75, 3.05) is 6.54 Å². The summed E-state index contributed by atoms with van der Waals surface area (Å²) in [5.74, 6) is 0.331. The number of phenolic OH excluding ortho intramolecular Hbond substituents is 1. The van der Waals surface area contributed by atoms with E-state index in [1.807, 2.05) is 25.1 Å². The number of benzene rings is 1. The van der Waals surface area contributed by atoms with Crippen LogP contribution in [0.3, 0.4) is 0 Å². The van der Waals surface area contributed by atoms with Crippen LogP contribution in [0.4, 0.5) is 0 Å². The van der Waals surface area contributed by atoms with E-state index in [1.165, 1.54) is 0 Å². The lowest BCUT2D eigenvalue weighted by Crippen LogP contribution is -2.11. The molecule has 0 aliphatic carbocycles. The standard InChI is InChI=1S/C12H20N2O/c1-9-5-4-6-10(12(9)15)11(14)7-2-3-8-13/h4-6,11,15H,2-3,7-8,13-14H2,1H3/t11-/m1/s1. The number of aromatic hydroxyl groups is 1. The van der Waals surface area contributed by atoms with E-state index in [2.05, 4.69) is 0 Å². The Labute approximate surface area is 91.1 Å². The molecule has 3 nitrogen and oxygen atoms in total. The summed E-state index contributed by atoms with van der Waals surface area (Å²) in [5, 5.41) is 9.82. The molecule has 0 spiro atoms. The van der Waals surface area contributed by atoms with Gasteiger partial charge in [0.15, 0.2) is 0 Å². The smallest absolute Gasteiger partial charge is 0.123 e. The lowest BCUT2D eigenvalue weighted by atomic mass is 9.99. The second kappa shape index (κ2) is 5.73. The van der Waals surface area contributed by atoms with Gasteiger partial charge in [-0.05, 0) is 31.9 Å². The van der Waals surface area contributed by atoms with E-state index < -0.39 is 0 Å². The Balaban J connectivity index is 2.65. The molecule has 84 valence electrons. The maximum Gasteiger partial charge on any atom is 0.123 e. The SMILES string of the molecule is Cc1cccc([C@H](N)CCCCN)c1O. The van der Waals surface area contributed by atoms with E-state index >= 15 is 0 Å². The second-order valence-corrected chi connectivity index (χ2v) is 3.90. The highest BCUT2D eigenvalue weighted by Gasteiger charge is 2.11.